The first-order chi connectivity index (χ1) is 9.22. The molecule has 98 valence electrons. The lowest BCUT2D eigenvalue weighted by Gasteiger charge is -2.19. The van der Waals surface area contributed by atoms with Gasteiger partial charge in [-0.2, -0.15) is 0 Å². The number of aliphatic imine (C=N–C) groups is 1. The van der Waals surface area contributed by atoms with Gasteiger partial charge >= 0.3 is 0 Å². The fraction of sp³-hybridized carbons (Fsp3) is 0.231. The lowest BCUT2D eigenvalue weighted by Crippen LogP contribution is -2.28. The summed E-state index contributed by atoms with van der Waals surface area (Å²) in [6.07, 6.45) is 1.15. The third-order valence-corrected chi connectivity index (χ3v) is 2.95. The Morgan fingerprint density at radius 2 is 2.11 bits per heavy atom. The molecule has 0 saturated heterocycles. The molecular formula is C13H15N5O. The Morgan fingerprint density at radius 1 is 1.32 bits per heavy atom. The number of guanidine groups is 1. The summed E-state index contributed by atoms with van der Waals surface area (Å²) in [6.45, 7) is 2.53. The SMILES string of the molecule is Cc1ccc(COC2N=C(N)Nc3nc[nH]c32)cc1. The van der Waals surface area contributed by atoms with Gasteiger partial charge in [-0.15, -0.1) is 0 Å². The maximum Gasteiger partial charge on any atom is 0.197 e. The number of nitrogens with zero attached hydrogens (tertiary/aromatic N) is 2. The van der Waals surface area contributed by atoms with Crippen LogP contribution >= 0.6 is 0 Å². The first-order valence-corrected chi connectivity index (χ1v) is 6.03. The molecule has 2 heterocycles. The van der Waals surface area contributed by atoms with Gasteiger partial charge in [-0.05, 0) is 12.5 Å². The molecule has 1 aromatic carbocycles. The van der Waals surface area contributed by atoms with Crippen LogP contribution in [0.4, 0.5) is 5.82 Å². The summed E-state index contributed by atoms with van der Waals surface area (Å²) < 4.78 is 5.79. The molecule has 0 bridgehead atoms. The van der Waals surface area contributed by atoms with E-state index >= 15 is 0 Å². The van der Waals surface area contributed by atoms with Crippen molar-refractivity contribution in [3.8, 4) is 0 Å². The van der Waals surface area contributed by atoms with Crippen LogP contribution in [0.1, 0.15) is 23.0 Å². The summed E-state index contributed by atoms with van der Waals surface area (Å²) in [4.78, 5) is 11.3. The van der Waals surface area contributed by atoms with Crippen molar-refractivity contribution in [1.82, 2.24) is 9.97 Å². The van der Waals surface area contributed by atoms with Crippen molar-refractivity contribution >= 4 is 11.8 Å². The molecule has 1 aromatic heterocycles. The van der Waals surface area contributed by atoms with Crippen LogP contribution in [0, 0.1) is 6.92 Å². The molecule has 19 heavy (non-hydrogen) atoms. The highest BCUT2D eigenvalue weighted by molar-refractivity contribution is 5.93. The second-order valence-corrected chi connectivity index (χ2v) is 4.45. The van der Waals surface area contributed by atoms with Gasteiger partial charge in [0.2, 0.25) is 0 Å². The van der Waals surface area contributed by atoms with E-state index in [4.69, 9.17) is 10.5 Å². The van der Waals surface area contributed by atoms with Gasteiger partial charge in [-0.25, -0.2) is 9.98 Å². The van der Waals surface area contributed by atoms with E-state index in [9.17, 15) is 0 Å². The second-order valence-electron chi connectivity index (χ2n) is 4.45. The number of fused-ring (bicyclic) bond motifs is 1. The Labute approximate surface area is 110 Å². The lowest BCUT2D eigenvalue weighted by molar-refractivity contribution is 0.0430. The minimum atomic E-state index is -0.444. The molecule has 1 unspecified atom stereocenters. The van der Waals surface area contributed by atoms with Gasteiger partial charge in [0.25, 0.3) is 0 Å². The Bertz CT molecular complexity index is 602. The number of nitrogens with one attached hydrogen (secondary N) is 2. The molecule has 0 radical (unpaired) electrons. The average Bonchev–Trinajstić information content (AvgIpc) is 2.85. The van der Waals surface area contributed by atoms with Crippen molar-refractivity contribution in [3.63, 3.8) is 0 Å². The molecule has 3 rings (SSSR count). The van der Waals surface area contributed by atoms with Crippen molar-refractivity contribution < 1.29 is 4.74 Å². The van der Waals surface area contributed by atoms with Gasteiger partial charge in [0.15, 0.2) is 18.0 Å². The summed E-state index contributed by atoms with van der Waals surface area (Å²) in [5.41, 5.74) is 8.81. The van der Waals surface area contributed by atoms with Crippen molar-refractivity contribution in [1.29, 1.82) is 0 Å². The van der Waals surface area contributed by atoms with Crippen LogP contribution in [0.2, 0.25) is 0 Å². The fourth-order valence-corrected chi connectivity index (χ4v) is 1.92. The number of anilines is 1. The highest BCUT2D eigenvalue weighted by Crippen LogP contribution is 2.27. The summed E-state index contributed by atoms with van der Waals surface area (Å²) in [5, 5.41) is 2.88. The number of H-pyrrole nitrogens is 1. The minimum Gasteiger partial charge on any atom is -0.370 e. The Hall–Kier alpha value is -2.34. The third kappa shape index (κ3) is 2.43. The molecule has 6 nitrogen and oxygen atoms in total. The van der Waals surface area contributed by atoms with Gasteiger partial charge < -0.3 is 20.8 Å². The van der Waals surface area contributed by atoms with Gasteiger partial charge in [0.05, 0.1) is 12.9 Å². The van der Waals surface area contributed by atoms with Gasteiger partial charge in [-0.1, -0.05) is 29.8 Å². The van der Waals surface area contributed by atoms with E-state index in [1.165, 1.54) is 5.56 Å². The van der Waals surface area contributed by atoms with E-state index in [2.05, 4.69) is 39.3 Å². The van der Waals surface area contributed by atoms with Crippen molar-refractivity contribution in [2.75, 3.05) is 5.32 Å². The summed E-state index contributed by atoms with van der Waals surface area (Å²) in [6, 6.07) is 8.19. The highest BCUT2D eigenvalue weighted by atomic mass is 16.5. The van der Waals surface area contributed by atoms with E-state index in [0.29, 0.717) is 18.4 Å². The van der Waals surface area contributed by atoms with Crippen molar-refractivity contribution in [2.24, 2.45) is 10.7 Å². The molecule has 1 aliphatic heterocycles. The Balaban J connectivity index is 1.73. The van der Waals surface area contributed by atoms with E-state index in [-0.39, 0.29) is 0 Å². The van der Waals surface area contributed by atoms with E-state index < -0.39 is 6.23 Å². The number of benzene rings is 1. The molecule has 0 fully saturated rings. The maximum absolute atomic E-state index is 5.79. The number of aromatic amines is 1. The number of nitrogens with two attached hydrogens (primary N) is 1. The molecule has 2 aromatic rings. The lowest BCUT2D eigenvalue weighted by atomic mass is 10.2. The first-order valence-electron chi connectivity index (χ1n) is 6.03. The zero-order chi connectivity index (χ0) is 13.2. The van der Waals surface area contributed by atoms with Crippen molar-refractivity contribution in [3.05, 3.63) is 47.4 Å². The standard InChI is InChI=1S/C13H15N5O/c1-8-2-4-9(5-3-8)6-19-12-10-11(16-7-15-10)17-13(14)18-12/h2-5,7,12H,6H2,1H3,(H,15,16)(H3,14,17,18). The average molecular weight is 257 g/mol. The van der Waals surface area contributed by atoms with Crippen LogP contribution in [-0.4, -0.2) is 15.9 Å². The third-order valence-electron chi connectivity index (χ3n) is 2.95. The smallest absolute Gasteiger partial charge is 0.197 e. The van der Waals surface area contributed by atoms with E-state index in [1.54, 1.807) is 6.33 Å². The molecular weight excluding hydrogens is 242 g/mol. The zero-order valence-corrected chi connectivity index (χ0v) is 10.6. The number of imidazole rings is 1. The van der Waals surface area contributed by atoms with Crippen LogP contribution in [0.25, 0.3) is 0 Å². The molecule has 0 spiro atoms. The molecule has 0 aliphatic carbocycles. The van der Waals surface area contributed by atoms with Gasteiger partial charge in [0.1, 0.15) is 5.69 Å². The number of ether oxygens (including phenoxy) is 1. The van der Waals surface area contributed by atoms with Crippen LogP contribution in [-0.2, 0) is 11.3 Å². The quantitative estimate of drug-likeness (QED) is 0.780. The van der Waals surface area contributed by atoms with Gasteiger partial charge in [0, 0.05) is 0 Å². The monoisotopic (exact) mass is 257 g/mol. The van der Waals surface area contributed by atoms with Crippen LogP contribution in [0.3, 0.4) is 0 Å². The van der Waals surface area contributed by atoms with Crippen LogP contribution in [0.15, 0.2) is 35.6 Å². The second kappa shape index (κ2) is 4.74. The van der Waals surface area contributed by atoms with Crippen LogP contribution < -0.4 is 11.1 Å². The number of rotatable bonds is 3. The number of hydrogen-bond acceptors (Lipinski definition) is 5. The number of aromatic nitrogens is 2. The zero-order valence-electron chi connectivity index (χ0n) is 10.6. The van der Waals surface area contributed by atoms with Crippen LogP contribution in [0.5, 0.6) is 0 Å². The van der Waals surface area contributed by atoms with E-state index in [0.717, 1.165) is 11.3 Å². The summed E-state index contributed by atoms with van der Waals surface area (Å²) in [7, 11) is 0. The normalized spacial score (nSPS) is 17.5. The molecule has 1 aliphatic rings. The highest BCUT2D eigenvalue weighted by Gasteiger charge is 2.23. The predicted octanol–water partition coefficient (Wildman–Crippen LogP) is 1.67. The topological polar surface area (TPSA) is 88.3 Å². The molecule has 0 amide bonds. The molecule has 0 saturated carbocycles. The number of aryl methyl sites for hydroxylation is 1. The fourth-order valence-electron chi connectivity index (χ4n) is 1.92. The molecule has 4 N–H and O–H groups in total. The van der Waals surface area contributed by atoms with Gasteiger partial charge in [-0.3, -0.25) is 0 Å². The summed E-state index contributed by atoms with van der Waals surface area (Å²) in [5.74, 6) is 0.981. The maximum atomic E-state index is 5.79. The van der Waals surface area contributed by atoms with Crippen molar-refractivity contribution in [2.45, 2.75) is 19.8 Å². The summed E-state index contributed by atoms with van der Waals surface area (Å²) >= 11 is 0. The van der Waals surface area contributed by atoms with E-state index in [1.807, 2.05) is 12.1 Å². The largest absolute Gasteiger partial charge is 0.370 e. The molecule has 6 heteroatoms. The minimum absolute atomic E-state index is 0.313. The number of hydrogen-bond donors (Lipinski definition) is 3. The molecule has 1 atom stereocenters. The Kier molecular flexibility index (Phi) is 2.92. The predicted molar refractivity (Wildman–Crippen MR) is 72.5 cm³/mol. The first kappa shape index (κ1) is 11.7. The Morgan fingerprint density at radius 3 is 2.89 bits per heavy atom.